The van der Waals surface area contributed by atoms with Crippen molar-refractivity contribution in [2.75, 3.05) is 6.54 Å². The summed E-state index contributed by atoms with van der Waals surface area (Å²) in [6, 6.07) is 7.80. The van der Waals surface area contributed by atoms with Crippen LogP contribution in [0.4, 0.5) is 0 Å². The third-order valence-electron chi connectivity index (χ3n) is 4.45. The molecule has 1 amide bonds. The predicted octanol–water partition coefficient (Wildman–Crippen LogP) is 3.19. The first-order valence-electron chi connectivity index (χ1n) is 7.79. The van der Waals surface area contributed by atoms with Gasteiger partial charge in [-0.25, -0.2) is 4.68 Å². The van der Waals surface area contributed by atoms with Crippen LogP contribution < -0.4 is 11.1 Å². The highest BCUT2D eigenvalue weighted by Crippen LogP contribution is 2.19. The van der Waals surface area contributed by atoms with Gasteiger partial charge < -0.3 is 11.1 Å². The fourth-order valence-electron chi connectivity index (χ4n) is 2.55. The Hall–Kier alpha value is -1.66. The Morgan fingerprint density at radius 2 is 1.91 bits per heavy atom. The number of benzene rings is 1. The molecule has 0 aliphatic rings. The van der Waals surface area contributed by atoms with Gasteiger partial charge in [0.1, 0.15) is 0 Å². The van der Waals surface area contributed by atoms with Gasteiger partial charge >= 0.3 is 0 Å². The molecule has 0 fully saturated rings. The van der Waals surface area contributed by atoms with E-state index in [0.717, 1.165) is 28.7 Å². The van der Waals surface area contributed by atoms with E-state index in [1.807, 2.05) is 45.0 Å². The Kier molecular flexibility index (Phi) is 5.59. The summed E-state index contributed by atoms with van der Waals surface area (Å²) in [7, 11) is 0. The average Bonchev–Trinajstić information content (AvgIpc) is 2.95. The largest absolute Gasteiger partial charge is 0.345 e. The third-order valence-corrected chi connectivity index (χ3v) is 4.98. The Labute approximate surface area is 145 Å². The SMILES string of the molecule is CCC(CC)(CN)NC(=O)c1cnn(-c2ccc(Br)cc2)c1C. The van der Waals surface area contributed by atoms with Crippen LogP contribution in [-0.4, -0.2) is 27.8 Å². The standard InChI is InChI=1S/C17H23BrN4O/c1-4-17(5-2,11-19)21-16(23)15-10-20-22(12(15)3)14-8-6-13(18)7-9-14/h6-10H,4-5,11,19H2,1-3H3,(H,21,23). The number of nitrogens with zero attached hydrogens (tertiary/aromatic N) is 2. The normalized spacial score (nSPS) is 11.5. The highest BCUT2D eigenvalue weighted by molar-refractivity contribution is 9.10. The van der Waals surface area contributed by atoms with Crippen molar-refractivity contribution in [3.8, 4) is 5.69 Å². The van der Waals surface area contributed by atoms with Gasteiger partial charge in [-0.05, 0) is 44.0 Å². The lowest BCUT2D eigenvalue weighted by Crippen LogP contribution is -2.52. The van der Waals surface area contributed by atoms with Crippen molar-refractivity contribution < 1.29 is 4.79 Å². The average molecular weight is 379 g/mol. The Balaban J connectivity index is 2.28. The summed E-state index contributed by atoms with van der Waals surface area (Å²) in [5, 5.41) is 7.44. The number of halogens is 1. The molecule has 0 aliphatic carbocycles. The smallest absolute Gasteiger partial charge is 0.255 e. The molecule has 1 aromatic carbocycles. The fraction of sp³-hybridized carbons (Fsp3) is 0.412. The van der Waals surface area contributed by atoms with Crippen LogP contribution in [-0.2, 0) is 0 Å². The Morgan fingerprint density at radius 3 is 2.43 bits per heavy atom. The van der Waals surface area contributed by atoms with E-state index < -0.39 is 0 Å². The van der Waals surface area contributed by atoms with Crippen molar-refractivity contribution in [2.45, 2.75) is 39.2 Å². The second-order valence-electron chi connectivity index (χ2n) is 5.68. The van der Waals surface area contributed by atoms with Gasteiger partial charge in [0.2, 0.25) is 0 Å². The van der Waals surface area contributed by atoms with Crippen molar-refractivity contribution >= 4 is 21.8 Å². The van der Waals surface area contributed by atoms with Gasteiger partial charge in [-0.2, -0.15) is 5.10 Å². The molecule has 0 atom stereocenters. The molecule has 1 heterocycles. The van der Waals surface area contributed by atoms with E-state index in [9.17, 15) is 4.79 Å². The zero-order valence-electron chi connectivity index (χ0n) is 13.8. The molecule has 23 heavy (non-hydrogen) atoms. The molecule has 0 saturated heterocycles. The van der Waals surface area contributed by atoms with Crippen molar-refractivity contribution in [1.29, 1.82) is 0 Å². The number of aromatic nitrogens is 2. The number of nitrogens with one attached hydrogen (secondary N) is 1. The number of hydrogen-bond donors (Lipinski definition) is 2. The van der Waals surface area contributed by atoms with Crippen LogP contribution in [0.3, 0.4) is 0 Å². The van der Waals surface area contributed by atoms with Gasteiger partial charge in [-0.1, -0.05) is 29.8 Å². The highest BCUT2D eigenvalue weighted by Gasteiger charge is 2.28. The molecular weight excluding hydrogens is 356 g/mol. The molecule has 1 aromatic heterocycles. The number of carbonyl (C=O) groups is 1. The lowest BCUT2D eigenvalue weighted by atomic mass is 9.92. The van der Waals surface area contributed by atoms with E-state index in [1.165, 1.54) is 0 Å². The van der Waals surface area contributed by atoms with Gasteiger partial charge in [-0.15, -0.1) is 0 Å². The van der Waals surface area contributed by atoms with Gasteiger partial charge in [-0.3, -0.25) is 4.79 Å². The Bertz CT molecular complexity index is 666. The monoisotopic (exact) mass is 378 g/mol. The number of rotatable bonds is 6. The van der Waals surface area contributed by atoms with Crippen LogP contribution in [0.1, 0.15) is 42.7 Å². The van der Waals surface area contributed by atoms with Gasteiger partial charge in [0.15, 0.2) is 0 Å². The topological polar surface area (TPSA) is 72.9 Å². The minimum Gasteiger partial charge on any atom is -0.345 e. The van der Waals surface area contributed by atoms with Crippen molar-refractivity contribution in [3.05, 3.63) is 46.2 Å². The van der Waals surface area contributed by atoms with E-state index >= 15 is 0 Å². The van der Waals surface area contributed by atoms with E-state index in [2.05, 4.69) is 26.3 Å². The zero-order chi connectivity index (χ0) is 17.0. The van der Waals surface area contributed by atoms with Crippen molar-refractivity contribution in [1.82, 2.24) is 15.1 Å². The van der Waals surface area contributed by atoms with Crippen LogP contribution in [0.15, 0.2) is 34.9 Å². The number of hydrogen-bond acceptors (Lipinski definition) is 3. The molecule has 0 bridgehead atoms. The number of carbonyl (C=O) groups excluding carboxylic acids is 1. The van der Waals surface area contributed by atoms with Crippen LogP contribution in [0, 0.1) is 6.92 Å². The summed E-state index contributed by atoms with van der Waals surface area (Å²) < 4.78 is 2.77. The maximum absolute atomic E-state index is 12.6. The quantitative estimate of drug-likeness (QED) is 0.810. The van der Waals surface area contributed by atoms with E-state index in [4.69, 9.17) is 5.73 Å². The van der Waals surface area contributed by atoms with Crippen molar-refractivity contribution in [2.24, 2.45) is 5.73 Å². The number of nitrogens with two attached hydrogens (primary N) is 1. The lowest BCUT2D eigenvalue weighted by molar-refractivity contribution is 0.0894. The summed E-state index contributed by atoms with van der Waals surface area (Å²) >= 11 is 3.42. The molecule has 0 saturated carbocycles. The van der Waals surface area contributed by atoms with Crippen molar-refractivity contribution in [3.63, 3.8) is 0 Å². The molecule has 124 valence electrons. The minimum atomic E-state index is -0.358. The van der Waals surface area contributed by atoms with Crippen LogP contribution in [0.2, 0.25) is 0 Å². The summed E-state index contributed by atoms with van der Waals surface area (Å²) in [5.41, 5.74) is 7.81. The van der Waals surface area contributed by atoms with Crippen LogP contribution >= 0.6 is 15.9 Å². The number of amides is 1. The summed E-state index contributed by atoms with van der Waals surface area (Å²) in [5.74, 6) is -0.125. The summed E-state index contributed by atoms with van der Waals surface area (Å²) in [6.07, 6.45) is 3.20. The van der Waals surface area contributed by atoms with E-state index in [0.29, 0.717) is 12.1 Å². The molecule has 2 rings (SSSR count). The van der Waals surface area contributed by atoms with Gasteiger partial charge in [0.25, 0.3) is 5.91 Å². The second kappa shape index (κ2) is 7.27. The molecule has 0 radical (unpaired) electrons. The molecule has 0 spiro atoms. The molecule has 6 heteroatoms. The predicted molar refractivity (Wildman–Crippen MR) is 95.8 cm³/mol. The minimum absolute atomic E-state index is 0.125. The van der Waals surface area contributed by atoms with E-state index in [-0.39, 0.29) is 11.4 Å². The second-order valence-corrected chi connectivity index (χ2v) is 6.59. The molecule has 0 aliphatic heterocycles. The van der Waals surface area contributed by atoms with E-state index in [1.54, 1.807) is 10.9 Å². The molecule has 5 nitrogen and oxygen atoms in total. The lowest BCUT2D eigenvalue weighted by Gasteiger charge is -2.31. The maximum atomic E-state index is 12.6. The van der Waals surface area contributed by atoms with Gasteiger partial charge in [0.05, 0.1) is 28.7 Å². The first-order chi connectivity index (χ1) is 11.0. The highest BCUT2D eigenvalue weighted by atomic mass is 79.9. The molecular formula is C17H23BrN4O. The fourth-order valence-corrected chi connectivity index (χ4v) is 2.81. The first kappa shape index (κ1) is 17.7. The summed E-state index contributed by atoms with van der Waals surface area (Å²) in [4.78, 5) is 12.6. The third kappa shape index (κ3) is 3.64. The zero-order valence-corrected chi connectivity index (χ0v) is 15.4. The van der Waals surface area contributed by atoms with Gasteiger partial charge in [0, 0.05) is 11.0 Å². The maximum Gasteiger partial charge on any atom is 0.255 e. The first-order valence-corrected chi connectivity index (χ1v) is 8.58. The molecule has 0 unspecified atom stereocenters. The molecule has 3 N–H and O–H groups in total. The van der Waals surface area contributed by atoms with Crippen LogP contribution in [0.25, 0.3) is 5.69 Å². The Morgan fingerprint density at radius 1 is 1.30 bits per heavy atom. The summed E-state index contributed by atoms with van der Waals surface area (Å²) in [6.45, 7) is 6.39. The van der Waals surface area contributed by atoms with Crippen LogP contribution in [0.5, 0.6) is 0 Å². The molecule has 2 aromatic rings.